The van der Waals surface area contributed by atoms with Crippen molar-refractivity contribution in [2.75, 3.05) is 0 Å². The van der Waals surface area contributed by atoms with Crippen molar-refractivity contribution in [3.05, 3.63) is 205 Å². The summed E-state index contributed by atoms with van der Waals surface area (Å²) in [4.78, 5) is 15.8. The molecule has 2 heterocycles. The maximum absolute atomic E-state index is 5.32. The van der Waals surface area contributed by atoms with Crippen molar-refractivity contribution in [3.63, 3.8) is 0 Å². The second-order valence-corrected chi connectivity index (χ2v) is 15.7. The third kappa shape index (κ3) is 5.48. The Hall–Kier alpha value is -7.43. The Labute approximate surface area is 337 Å². The summed E-state index contributed by atoms with van der Waals surface area (Å²) in [6, 6.07) is 69.0. The molecular formula is C54H38N4. The van der Waals surface area contributed by atoms with E-state index in [4.69, 9.17) is 15.0 Å². The molecule has 1 aliphatic carbocycles. The fourth-order valence-electron chi connectivity index (χ4n) is 8.94. The number of benzene rings is 8. The fraction of sp³-hybridized carbons (Fsp3) is 0.0556. The average Bonchev–Trinajstić information content (AvgIpc) is 3.75. The van der Waals surface area contributed by atoms with Crippen LogP contribution in [0.5, 0.6) is 0 Å². The van der Waals surface area contributed by atoms with Crippen LogP contribution in [-0.2, 0) is 5.41 Å². The van der Waals surface area contributed by atoms with Gasteiger partial charge in [-0.25, -0.2) is 4.98 Å². The van der Waals surface area contributed by atoms with Crippen LogP contribution in [0.15, 0.2) is 194 Å². The van der Waals surface area contributed by atoms with Crippen molar-refractivity contribution in [1.82, 2.24) is 19.5 Å². The van der Waals surface area contributed by atoms with Gasteiger partial charge < -0.3 is 0 Å². The lowest BCUT2D eigenvalue weighted by Gasteiger charge is -2.22. The summed E-state index contributed by atoms with van der Waals surface area (Å²) in [6.07, 6.45) is 0. The lowest BCUT2D eigenvalue weighted by atomic mass is 9.81. The maximum atomic E-state index is 5.32. The van der Waals surface area contributed by atoms with Gasteiger partial charge in [0.1, 0.15) is 0 Å². The van der Waals surface area contributed by atoms with E-state index in [1.54, 1.807) is 0 Å². The molecule has 1 aliphatic rings. The van der Waals surface area contributed by atoms with Gasteiger partial charge in [0.05, 0.1) is 11.0 Å². The van der Waals surface area contributed by atoms with Gasteiger partial charge in [0, 0.05) is 32.9 Å². The number of rotatable bonds is 6. The first-order valence-corrected chi connectivity index (χ1v) is 19.9. The molecule has 0 aliphatic heterocycles. The van der Waals surface area contributed by atoms with Crippen LogP contribution in [0.4, 0.5) is 0 Å². The third-order valence-corrected chi connectivity index (χ3v) is 11.9. The zero-order chi connectivity index (χ0) is 38.8. The first kappa shape index (κ1) is 33.9. The average molecular weight is 743 g/mol. The molecule has 0 N–H and O–H groups in total. The Morgan fingerprint density at radius 3 is 1.50 bits per heavy atom. The molecule has 0 radical (unpaired) electrons. The van der Waals surface area contributed by atoms with E-state index >= 15 is 0 Å². The number of aromatic nitrogens is 4. The number of hydrogen-bond acceptors (Lipinski definition) is 3. The molecular weight excluding hydrogens is 705 g/mol. The molecule has 2 aromatic heterocycles. The van der Waals surface area contributed by atoms with E-state index in [0.29, 0.717) is 17.6 Å². The minimum atomic E-state index is -0.118. The number of nitrogens with zero attached hydrogens (tertiary/aromatic N) is 4. The molecule has 0 fully saturated rings. The summed E-state index contributed by atoms with van der Waals surface area (Å²) in [6.45, 7) is 4.68. The summed E-state index contributed by atoms with van der Waals surface area (Å²) >= 11 is 0. The zero-order valence-corrected chi connectivity index (χ0v) is 32.3. The SMILES string of the molecule is CC1(C)c2ccccc2-c2ccc(-c3cccc4c5ccccc5n(-c5nc(-c6ccc(-c7ccccc7)cc6)nc(-c6ccc(-c7ccccc7)cc6)n5)c34)cc21. The van der Waals surface area contributed by atoms with Gasteiger partial charge in [-0.2, -0.15) is 9.97 Å². The molecule has 274 valence electrons. The molecule has 0 unspecified atom stereocenters. The second-order valence-electron chi connectivity index (χ2n) is 15.7. The highest BCUT2D eigenvalue weighted by Gasteiger charge is 2.35. The van der Waals surface area contributed by atoms with E-state index in [-0.39, 0.29) is 5.41 Å². The summed E-state index contributed by atoms with van der Waals surface area (Å²) in [5.74, 6) is 1.81. The Morgan fingerprint density at radius 2 is 0.845 bits per heavy atom. The van der Waals surface area contributed by atoms with Gasteiger partial charge in [0.25, 0.3) is 0 Å². The third-order valence-electron chi connectivity index (χ3n) is 11.9. The molecule has 0 saturated carbocycles. The van der Waals surface area contributed by atoms with Crippen molar-refractivity contribution < 1.29 is 0 Å². The maximum Gasteiger partial charge on any atom is 0.238 e. The van der Waals surface area contributed by atoms with Crippen molar-refractivity contribution in [1.29, 1.82) is 0 Å². The Balaban J connectivity index is 1.13. The molecule has 4 heteroatoms. The van der Waals surface area contributed by atoms with E-state index in [1.165, 1.54) is 33.4 Å². The van der Waals surface area contributed by atoms with E-state index in [1.807, 2.05) is 12.1 Å². The van der Waals surface area contributed by atoms with E-state index in [2.05, 4.69) is 200 Å². The van der Waals surface area contributed by atoms with Gasteiger partial charge in [0.2, 0.25) is 5.95 Å². The van der Waals surface area contributed by atoms with Crippen LogP contribution in [0.1, 0.15) is 25.0 Å². The Morgan fingerprint density at radius 1 is 0.362 bits per heavy atom. The molecule has 8 aromatic carbocycles. The van der Waals surface area contributed by atoms with Crippen LogP contribution in [0.3, 0.4) is 0 Å². The summed E-state index contributed by atoms with van der Waals surface area (Å²) < 4.78 is 2.25. The second kappa shape index (κ2) is 13.4. The lowest BCUT2D eigenvalue weighted by molar-refractivity contribution is 0.660. The van der Waals surface area contributed by atoms with Crippen molar-refractivity contribution >= 4 is 21.8 Å². The van der Waals surface area contributed by atoms with Gasteiger partial charge in [0.15, 0.2) is 11.6 Å². The quantitative estimate of drug-likeness (QED) is 0.170. The minimum absolute atomic E-state index is 0.118. The fourth-order valence-corrected chi connectivity index (χ4v) is 8.94. The topological polar surface area (TPSA) is 43.6 Å². The molecule has 4 nitrogen and oxygen atoms in total. The highest BCUT2D eigenvalue weighted by Crippen LogP contribution is 2.50. The number of fused-ring (bicyclic) bond motifs is 6. The van der Waals surface area contributed by atoms with Gasteiger partial charge >= 0.3 is 0 Å². The number of hydrogen-bond donors (Lipinski definition) is 0. The molecule has 0 bridgehead atoms. The smallest absolute Gasteiger partial charge is 0.238 e. The molecule has 58 heavy (non-hydrogen) atoms. The predicted molar refractivity (Wildman–Crippen MR) is 239 cm³/mol. The monoisotopic (exact) mass is 742 g/mol. The molecule has 0 spiro atoms. The first-order valence-electron chi connectivity index (χ1n) is 19.9. The van der Waals surface area contributed by atoms with E-state index < -0.39 is 0 Å². The van der Waals surface area contributed by atoms with Crippen LogP contribution in [0.2, 0.25) is 0 Å². The lowest BCUT2D eigenvalue weighted by Crippen LogP contribution is -2.14. The van der Waals surface area contributed by atoms with Gasteiger partial charge in [-0.05, 0) is 62.2 Å². The van der Waals surface area contributed by atoms with Crippen molar-refractivity contribution in [3.8, 4) is 73.2 Å². The Kier molecular flexibility index (Phi) is 7.80. The van der Waals surface area contributed by atoms with Crippen LogP contribution in [0, 0.1) is 0 Å². The highest BCUT2D eigenvalue weighted by molar-refractivity contribution is 6.13. The van der Waals surface area contributed by atoms with Crippen LogP contribution >= 0.6 is 0 Å². The minimum Gasteiger partial charge on any atom is -0.277 e. The largest absolute Gasteiger partial charge is 0.277 e. The van der Waals surface area contributed by atoms with Crippen molar-refractivity contribution in [2.24, 2.45) is 0 Å². The summed E-state index contributed by atoms with van der Waals surface area (Å²) in [7, 11) is 0. The molecule has 10 aromatic rings. The van der Waals surface area contributed by atoms with Crippen molar-refractivity contribution in [2.45, 2.75) is 19.3 Å². The zero-order valence-electron chi connectivity index (χ0n) is 32.3. The van der Waals surface area contributed by atoms with E-state index in [0.717, 1.165) is 55.2 Å². The van der Waals surface area contributed by atoms with Crippen LogP contribution in [-0.4, -0.2) is 19.5 Å². The van der Waals surface area contributed by atoms with Crippen LogP contribution in [0.25, 0.3) is 95.0 Å². The molecule has 11 rings (SSSR count). The normalized spacial score (nSPS) is 12.8. The molecule has 0 amide bonds. The summed E-state index contributed by atoms with van der Waals surface area (Å²) in [5, 5.41) is 2.30. The van der Waals surface area contributed by atoms with E-state index in [9.17, 15) is 0 Å². The standard InChI is InChI=1S/C54H38N4/c1-54(2)47-22-11-9-18-43(47)44-33-32-41(34-48(44)54)42-20-13-21-46-45-19-10-12-23-49(45)58(50(42)46)53-56-51(39-28-24-37(25-29-39)35-14-5-3-6-15-35)55-52(57-53)40-30-26-38(27-31-40)36-16-7-4-8-17-36/h3-34H,1-2H3. The predicted octanol–water partition coefficient (Wildman–Crippen LogP) is 13.6. The molecule has 0 saturated heterocycles. The summed E-state index contributed by atoms with van der Waals surface area (Å²) in [5.41, 5.74) is 16.1. The first-order chi connectivity index (χ1) is 28.5. The van der Waals surface area contributed by atoms with Gasteiger partial charge in [-0.1, -0.05) is 196 Å². The van der Waals surface area contributed by atoms with Crippen LogP contribution < -0.4 is 0 Å². The molecule has 0 atom stereocenters. The Bertz CT molecular complexity index is 3060. The van der Waals surface area contributed by atoms with Gasteiger partial charge in [-0.3, -0.25) is 4.57 Å². The van der Waals surface area contributed by atoms with Gasteiger partial charge in [-0.15, -0.1) is 0 Å². The number of para-hydroxylation sites is 2. The highest BCUT2D eigenvalue weighted by atomic mass is 15.2.